The summed E-state index contributed by atoms with van der Waals surface area (Å²) in [7, 11) is 0. The van der Waals surface area contributed by atoms with Crippen LogP contribution in [0.25, 0.3) is 0 Å². The molecule has 0 aliphatic heterocycles. The highest BCUT2D eigenvalue weighted by Crippen LogP contribution is 2.28. The summed E-state index contributed by atoms with van der Waals surface area (Å²) in [5.41, 5.74) is 3.55. The van der Waals surface area contributed by atoms with E-state index in [1.54, 1.807) is 0 Å². The molecule has 1 aliphatic carbocycles. The van der Waals surface area contributed by atoms with Crippen molar-refractivity contribution < 1.29 is 0 Å². The van der Waals surface area contributed by atoms with Crippen LogP contribution in [0.5, 0.6) is 0 Å². The number of allylic oxidation sites excluding steroid dienone is 5. The smallest absolute Gasteiger partial charge is 0.0436 e. The molecule has 1 aliphatic rings. The minimum Gasteiger partial charge on any atom is -0.269 e. The first-order valence-corrected chi connectivity index (χ1v) is 5.19. The van der Waals surface area contributed by atoms with Crippen molar-refractivity contribution in [3.63, 3.8) is 0 Å². The van der Waals surface area contributed by atoms with Gasteiger partial charge < -0.3 is 0 Å². The van der Waals surface area contributed by atoms with Gasteiger partial charge in [0.25, 0.3) is 0 Å². The maximum Gasteiger partial charge on any atom is 0.0436 e. The molecule has 0 aromatic carbocycles. The monoisotopic (exact) mass is 189 g/mol. The Morgan fingerprint density at radius 2 is 2.29 bits per heavy atom. The van der Waals surface area contributed by atoms with Crippen molar-refractivity contribution >= 4 is 6.72 Å². The molecule has 0 fully saturated rings. The fourth-order valence-corrected chi connectivity index (χ4v) is 1.71. The molecular formula is C13H19N. The van der Waals surface area contributed by atoms with Crippen LogP contribution in [-0.2, 0) is 0 Å². The number of aliphatic imine (C=N–C) groups is 1. The van der Waals surface area contributed by atoms with Crippen LogP contribution >= 0.6 is 0 Å². The standard InChI is InChI=1S/C13H19N/c1-10(2)9-13(14-4)12-8-6-5-7-11(12)3/h5,7,10H,3-4,6,8-9H2,1-2H3/b13-12-. The topological polar surface area (TPSA) is 12.4 Å². The second kappa shape index (κ2) is 4.94. The fourth-order valence-electron chi connectivity index (χ4n) is 1.71. The summed E-state index contributed by atoms with van der Waals surface area (Å²) < 4.78 is 0. The van der Waals surface area contributed by atoms with Crippen LogP contribution in [0.4, 0.5) is 0 Å². The first-order valence-electron chi connectivity index (χ1n) is 5.19. The number of hydrogen-bond donors (Lipinski definition) is 0. The van der Waals surface area contributed by atoms with E-state index in [0.717, 1.165) is 30.5 Å². The summed E-state index contributed by atoms with van der Waals surface area (Å²) in [6, 6.07) is 0. The van der Waals surface area contributed by atoms with Crippen molar-refractivity contribution in [1.29, 1.82) is 0 Å². The number of nitrogens with zero attached hydrogens (tertiary/aromatic N) is 1. The average Bonchev–Trinajstić information content (AvgIpc) is 2.15. The van der Waals surface area contributed by atoms with Gasteiger partial charge in [-0.2, -0.15) is 0 Å². The van der Waals surface area contributed by atoms with Gasteiger partial charge in [0.15, 0.2) is 0 Å². The summed E-state index contributed by atoms with van der Waals surface area (Å²) in [5.74, 6) is 0.627. The Labute approximate surface area is 86.9 Å². The summed E-state index contributed by atoms with van der Waals surface area (Å²) >= 11 is 0. The average molecular weight is 189 g/mol. The first kappa shape index (κ1) is 11.0. The van der Waals surface area contributed by atoms with Gasteiger partial charge in [-0.1, -0.05) is 32.6 Å². The molecule has 0 atom stereocenters. The Morgan fingerprint density at radius 3 is 2.79 bits per heavy atom. The van der Waals surface area contributed by atoms with Crippen LogP contribution in [-0.4, -0.2) is 6.72 Å². The van der Waals surface area contributed by atoms with Gasteiger partial charge in [0.2, 0.25) is 0 Å². The summed E-state index contributed by atoms with van der Waals surface area (Å²) in [5, 5.41) is 0. The second-order valence-corrected chi connectivity index (χ2v) is 4.15. The summed E-state index contributed by atoms with van der Waals surface area (Å²) in [6.45, 7) is 12.1. The first-order chi connectivity index (χ1) is 6.65. The SMILES string of the molecule is C=N/C(CC(C)C)=C1/CCC=CC1=C. The fraction of sp³-hybridized carbons (Fsp3) is 0.462. The van der Waals surface area contributed by atoms with Crippen molar-refractivity contribution in [2.45, 2.75) is 33.1 Å². The van der Waals surface area contributed by atoms with Crippen LogP contribution < -0.4 is 0 Å². The Morgan fingerprint density at radius 1 is 1.57 bits per heavy atom. The van der Waals surface area contributed by atoms with E-state index in [4.69, 9.17) is 0 Å². The number of rotatable bonds is 3. The molecular weight excluding hydrogens is 170 g/mol. The minimum atomic E-state index is 0.627. The summed E-state index contributed by atoms with van der Waals surface area (Å²) in [6.07, 6.45) is 7.43. The van der Waals surface area contributed by atoms with Gasteiger partial charge in [-0.3, -0.25) is 4.99 Å². The third-order valence-corrected chi connectivity index (χ3v) is 2.41. The van der Waals surface area contributed by atoms with Crippen molar-refractivity contribution in [1.82, 2.24) is 0 Å². The minimum absolute atomic E-state index is 0.627. The molecule has 0 aromatic heterocycles. The van der Waals surface area contributed by atoms with Crippen molar-refractivity contribution in [2.75, 3.05) is 0 Å². The Balaban J connectivity index is 2.92. The molecule has 1 nitrogen and oxygen atoms in total. The predicted molar refractivity (Wildman–Crippen MR) is 63.5 cm³/mol. The van der Waals surface area contributed by atoms with Crippen molar-refractivity contribution in [3.8, 4) is 0 Å². The highest BCUT2D eigenvalue weighted by Gasteiger charge is 2.11. The van der Waals surface area contributed by atoms with Gasteiger partial charge in [-0.25, -0.2) is 0 Å². The van der Waals surface area contributed by atoms with Crippen LogP contribution in [0, 0.1) is 5.92 Å². The van der Waals surface area contributed by atoms with Gasteiger partial charge >= 0.3 is 0 Å². The maximum atomic E-state index is 4.14. The quantitative estimate of drug-likeness (QED) is 0.597. The molecule has 14 heavy (non-hydrogen) atoms. The molecule has 0 amide bonds. The lowest BCUT2D eigenvalue weighted by Gasteiger charge is -2.16. The molecule has 0 N–H and O–H groups in total. The Kier molecular flexibility index (Phi) is 3.87. The van der Waals surface area contributed by atoms with Crippen LogP contribution in [0.3, 0.4) is 0 Å². The molecule has 0 bridgehead atoms. The lowest BCUT2D eigenvalue weighted by atomic mass is 9.92. The summed E-state index contributed by atoms with van der Waals surface area (Å²) in [4.78, 5) is 4.14. The van der Waals surface area contributed by atoms with E-state index in [9.17, 15) is 0 Å². The molecule has 76 valence electrons. The van der Waals surface area contributed by atoms with Crippen LogP contribution in [0.15, 0.2) is 40.6 Å². The van der Waals surface area contributed by atoms with Crippen LogP contribution in [0.1, 0.15) is 33.1 Å². The van der Waals surface area contributed by atoms with E-state index in [2.05, 4.69) is 44.3 Å². The zero-order valence-corrected chi connectivity index (χ0v) is 9.21. The Bertz CT molecular complexity index is 292. The maximum absolute atomic E-state index is 4.14. The molecule has 1 heteroatoms. The normalized spacial score (nSPS) is 20.1. The zero-order chi connectivity index (χ0) is 10.6. The van der Waals surface area contributed by atoms with Gasteiger partial charge in [-0.05, 0) is 43.0 Å². The molecule has 0 radical (unpaired) electrons. The largest absolute Gasteiger partial charge is 0.269 e. The molecule has 0 heterocycles. The van der Waals surface area contributed by atoms with Gasteiger partial charge in [0.1, 0.15) is 0 Å². The molecule has 0 unspecified atom stereocenters. The zero-order valence-electron chi connectivity index (χ0n) is 9.21. The van der Waals surface area contributed by atoms with E-state index in [1.165, 1.54) is 5.57 Å². The molecule has 1 rings (SSSR count). The second-order valence-electron chi connectivity index (χ2n) is 4.15. The van der Waals surface area contributed by atoms with Gasteiger partial charge in [0.05, 0.1) is 0 Å². The van der Waals surface area contributed by atoms with E-state index >= 15 is 0 Å². The third-order valence-electron chi connectivity index (χ3n) is 2.41. The molecule has 0 spiro atoms. The van der Waals surface area contributed by atoms with Crippen LogP contribution in [0.2, 0.25) is 0 Å². The Hall–Kier alpha value is -1.11. The molecule has 0 saturated heterocycles. The number of hydrogen-bond acceptors (Lipinski definition) is 1. The van der Waals surface area contributed by atoms with Crippen molar-refractivity contribution in [3.05, 3.63) is 35.6 Å². The molecule has 0 aromatic rings. The van der Waals surface area contributed by atoms with Gasteiger partial charge in [-0.15, -0.1) is 0 Å². The van der Waals surface area contributed by atoms with E-state index in [1.807, 2.05) is 0 Å². The molecule has 0 saturated carbocycles. The predicted octanol–water partition coefficient (Wildman–Crippen LogP) is 3.89. The van der Waals surface area contributed by atoms with E-state index in [-0.39, 0.29) is 0 Å². The van der Waals surface area contributed by atoms with Crippen molar-refractivity contribution in [2.24, 2.45) is 10.9 Å². The van der Waals surface area contributed by atoms with Gasteiger partial charge in [0, 0.05) is 5.70 Å². The van der Waals surface area contributed by atoms with E-state index < -0.39 is 0 Å². The third kappa shape index (κ3) is 2.69. The lowest BCUT2D eigenvalue weighted by Crippen LogP contribution is -1.99. The van der Waals surface area contributed by atoms with E-state index in [0.29, 0.717) is 5.92 Å². The lowest BCUT2D eigenvalue weighted by molar-refractivity contribution is 0.632. The highest BCUT2D eigenvalue weighted by molar-refractivity contribution is 5.45. The highest BCUT2D eigenvalue weighted by atomic mass is 14.7.